The van der Waals surface area contributed by atoms with Gasteiger partial charge in [-0.25, -0.2) is 9.78 Å². The number of fused-ring (bicyclic) bond motifs is 4. The predicted molar refractivity (Wildman–Crippen MR) is 183 cm³/mol. The number of pyridine rings is 1. The monoisotopic (exact) mass is 623 g/mol. The largest absolute Gasteiger partial charge is 0.493 e. The van der Waals surface area contributed by atoms with Gasteiger partial charge in [0.15, 0.2) is 11.5 Å². The van der Waals surface area contributed by atoms with Gasteiger partial charge in [0, 0.05) is 42.0 Å². The second-order valence-electron chi connectivity index (χ2n) is 11.3. The highest BCUT2D eigenvalue weighted by Gasteiger charge is 2.30. The molecule has 1 aliphatic rings. The number of esters is 1. The van der Waals surface area contributed by atoms with Crippen LogP contribution in [0.5, 0.6) is 11.5 Å². The van der Waals surface area contributed by atoms with Crippen molar-refractivity contribution in [2.45, 2.75) is 46.8 Å². The van der Waals surface area contributed by atoms with Gasteiger partial charge in [-0.1, -0.05) is 62.4 Å². The summed E-state index contributed by atoms with van der Waals surface area (Å²) in [5.74, 6) is 0.918. The Bertz CT molecular complexity index is 1840. The maximum atomic E-state index is 13.8. The summed E-state index contributed by atoms with van der Waals surface area (Å²) in [6, 6.07) is 21.1. The molecule has 0 amide bonds. The molecule has 0 spiro atoms. The maximum Gasteiger partial charge on any atom is 0.340 e. The molecule has 0 atom stereocenters. The Morgan fingerprint density at radius 2 is 1.76 bits per heavy atom. The number of benzene rings is 3. The number of rotatable bonds is 11. The quantitative estimate of drug-likeness (QED) is 0.140. The van der Waals surface area contributed by atoms with Crippen molar-refractivity contribution < 1.29 is 19.0 Å². The van der Waals surface area contributed by atoms with Gasteiger partial charge in [-0.05, 0) is 66.0 Å². The van der Waals surface area contributed by atoms with Crippen molar-refractivity contribution in [1.29, 1.82) is 0 Å². The molecule has 0 saturated heterocycles. The summed E-state index contributed by atoms with van der Waals surface area (Å²) in [5, 5.41) is 3.63. The number of hydrogen-bond acceptors (Lipinski definition) is 8. The smallest absolute Gasteiger partial charge is 0.340 e. The van der Waals surface area contributed by atoms with Gasteiger partial charge in [0.25, 0.3) is 0 Å². The molecular weight excluding hydrogens is 582 g/mol. The summed E-state index contributed by atoms with van der Waals surface area (Å²) in [5.41, 5.74) is 5.68. The van der Waals surface area contributed by atoms with Gasteiger partial charge >= 0.3 is 5.97 Å². The molecule has 7 nitrogen and oxygen atoms in total. The van der Waals surface area contributed by atoms with Crippen molar-refractivity contribution in [3.8, 4) is 22.6 Å². The third-order valence-electron chi connectivity index (χ3n) is 8.84. The highest BCUT2D eigenvalue weighted by atomic mass is 32.1. The molecule has 3 heterocycles. The number of carbonyl (C=O) groups excluding carboxylic acids is 1. The minimum atomic E-state index is -0.341. The Hall–Kier alpha value is -3.98. The molecule has 2 aromatic heterocycles. The SMILES string of the molecule is CCOC(=O)c1c(CN(CC)CC)nc2sc3c(c2c1-c1ccc(OC)c(OC)c1)CCN(Cc1cccc2ccccc12)C3. The lowest BCUT2D eigenvalue weighted by Crippen LogP contribution is -2.29. The molecule has 0 N–H and O–H groups in total. The fourth-order valence-corrected chi connectivity index (χ4v) is 7.80. The molecule has 0 radical (unpaired) electrons. The maximum absolute atomic E-state index is 13.8. The molecule has 8 heteroatoms. The van der Waals surface area contributed by atoms with Crippen LogP contribution in [0.2, 0.25) is 0 Å². The van der Waals surface area contributed by atoms with E-state index >= 15 is 0 Å². The first kappa shape index (κ1) is 31.0. The van der Waals surface area contributed by atoms with Crippen LogP contribution in [0.15, 0.2) is 60.7 Å². The van der Waals surface area contributed by atoms with Crippen LogP contribution in [0.3, 0.4) is 0 Å². The van der Waals surface area contributed by atoms with Crippen molar-refractivity contribution in [1.82, 2.24) is 14.8 Å². The summed E-state index contributed by atoms with van der Waals surface area (Å²) in [6.07, 6.45) is 0.875. The lowest BCUT2D eigenvalue weighted by Gasteiger charge is -2.28. The molecule has 234 valence electrons. The van der Waals surface area contributed by atoms with Gasteiger partial charge in [-0.15, -0.1) is 11.3 Å². The van der Waals surface area contributed by atoms with E-state index in [0.29, 0.717) is 23.6 Å². The summed E-state index contributed by atoms with van der Waals surface area (Å²) in [6.45, 7) is 11.3. The molecule has 45 heavy (non-hydrogen) atoms. The fourth-order valence-electron chi connectivity index (χ4n) is 6.51. The van der Waals surface area contributed by atoms with Gasteiger partial charge in [0.05, 0.1) is 32.1 Å². The number of nitrogens with zero attached hydrogens (tertiary/aromatic N) is 3. The number of methoxy groups -OCH3 is 2. The zero-order valence-corrected chi connectivity index (χ0v) is 27.6. The van der Waals surface area contributed by atoms with E-state index in [-0.39, 0.29) is 12.6 Å². The first-order valence-corrected chi connectivity index (χ1v) is 16.6. The van der Waals surface area contributed by atoms with E-state index in [1.165, 1.54) is 26.8 Å². The average molecular weight is 624 g/mol. The predicted octanol–water partition coefficient (Wildman–Crippen LogP) is 7.71. The topological polar surface area (TPSA) is 64.1 Å². The first-order chi connectivity index (χ1) is 22.0. The molecule has 3 aromatic carbocycles. The number of ether oxygens (including phenoxy) is 3. The Kier molecular flexibility index (Phi) is 9.35. The van der Waals surface area contributed by atoms with Crippen LogP contribution >= 0.6 is 11.3 Å². The Labute approximate surface area is 269 Å². The van der Waals surface area contributed by atoms with E-state index in [4.69, 9.17) is 19.2 Å². The Balaban J connectivity index is 1.51. The van der Waals surface area contributed by atoms with Crippen LogP contribution in [0.25, 0.3) is 32.1 Å². The van der Waals surface area contributed by atoms with Gasteiger partial charge in [-0.2, -0.15) is 0 Å². The van der Waals surface area contributed by atoms with Crippen LogP contribution in [0.1, 0.15) is 52.8 Å². The number of aromatic nitrogens is 1. The summed E-state index contributed by atoms with van der Waals surface area (Å²) in [4.78, 5) is 26.2. The molecule has 0 fully saturated rings. The molecular formula is C37H41N3O4S. The zero-order chi connectivity index (χ0) is 31.5. The minimum absolute atomic E-state index is 0.290. The van der Waals surface area contributed by atoms with E-state index in [1.54, 1.807) is 25.6 Å². The van der Waals surface area contributed by atoms with Crippen LogP contribution in [-0.2, 0) is 30.8 Å². The molecule has 0 bridgehead atoms. The van der Waals surface area contributed by atoms with E-state index < -0.39 is 0 Å². The standard InChI is InChI=1S/C37H41N3O4S/c1-6-39(7-2)22-29-35(37(41)44-8-3)33(25-16-17-30(42-4)31(20-25)43-5)34-28-18-19-40(23-32(28)45-36(34)38-29)21-26-14-11-13-24-12-9-10-15-27(24)26/h9-17,20H,6-8,18-19,21-23H2,1-5H3. The van der Waals surface area contributed by atoms with E-state index in [9.17, 15) is 4.79 Å². The summed E-state index contributed by atoms with van der Waals surface area (Å²) < 4.78 is 17.0. The Morgan fingerprint density at radius 1 is 0.978 bits per heavy atom. The normalized spacial score (nSPS) is 13.4. The second-order valence-corrected chi connectivity index (χ2v) is 12.4. The van der Waals surface area contributed by atoms with E-state index in [2.05, 4.69) is 66.1 Å². The van der Waals surface area contributed by atoms with Crippen molar-refractivity contribution >= 4 is 38.3 Å². The van der Waals surface area contributed by atoms with Crippen LogP contribution < -0.4 is 9.47 Å². The van der Waals surface area contributed by atoms with Gasteiger partial charge in [-0.3, -0.25) is 9.80 Å². The van der Waals surface area contributed by atoms with Crippen LogP contribution in [-0.4, -0.2) is 61.2 Å². The zero-order valence-electron chi connectivity index (χ0n) is 26.8. The third-order valence-corrected chi connectivity index (χ3v) is 9.95. The van der Waals surface area contributed by atoms with Crippen molar-refractivity contribution in [3.05, 3.63) is 87.9 Å². The molecule has 5 aromatic rings. The number of hydrogen-bond donors (Lipinski definition) is 0. The van der Waals surface area contributed by atoms with Gasteiger partial charge in [0.2, 0.25) is 0 Å². The van der Waals surface area contributed by atoms with Crippen LogP contribution in [0.4, 0.5) is 0 Å². The summed E-state index contributed by atoms with van der Waals surface area (Å²) >= 11 is 1.75. The minimum Gasteiger partial charge on any atom is -0.493 e. The summed E-state index contributed by atoms with van der Waals surface area (Å²) in [7, 11) is 3.27. The Morgan fingerprint density at radius 3 is 2.51 bits per heavy atom. The van der Waals surface area contributed by atoms with Crippen LogP contribution in [0, 0.1) is 0 Å². The molecule has 0 saturated carbocycles. The molecule has 0 unspecified atom stereocenters. The van der Waals surface area contributed by atoms with E-state index in [1.807, 2.05) is 25.1 Å². The third kappa shape index (κ3) is 6.02. The van der Waals surface area contributed by atoms with Crippen molar-refractivity contribution in [2.75, 3.05) is 40.5 Å². The number of thiophene rings is 1. The van der Waals surface area contributed by atoms with Gasteiger partial charge in [0.1, 0.15) is 4.83 Å². The molecule has 6 rings (SSSR count). The van der Waals surface area contributed by atoms with Crippen molar-refractivity contribution in [3.63, 3.8) is 0 Å². The van der Waals surface area contributed by atoms with Crippen molar-refractivity contribution in [2.24, 2.45) is 0 Å². The number of carbonyl (C=O) groups is 1. The van der Waals surface area contributed by atoms with Gasteiger partial charge < -0.3 is 14.2 Å². The molecule has 1 aliphatic heterocycles. The highest BCUT2D eigenvalue weighted by molar-refractivity contribution is 7.19. The first-order valence-electron chi connectivity index (χ1n) is 15.8. The van der Waals surface area contributed by atoms with E-state index in [0.717, 1.165) is 66.2 Å². The lowest BCUT2D eigenvalue weighted by atomic mass is 9.91. The highest BCUT2D eigenvalue weighted by Crippen LogP contribution is 2.45. The molecule has 0 aliphatic carbocycles. The average Bonchev–Trinajstić information content (AvgIpc) is 3.43. The lowest BCUT2D eigenvalue weighted by molar-refractivity contribution is 0.0524. The second kappa shape index (κ2) is 13.6. The fraction of sp³-hybridized carbons (Fsp3) is 0.351.